The maximum absolute atomic E-state index is 14.1. The highest BCUT2D eigenvalue weighted by Crippen LogP contribution is 2.27. The number of benzene rings is 3. The second-order valence-electron chi connectivity index (χ2n) is 10.4. The number of halogens is 1. The van der Waals surface area contributed by atoms with Crippen LogP contribution in [0.15, 0.2) is 77.7 Å². The van der Waals surface area contributed by atoms with E-state index in [4.69, 9.17) is 9.47 Å². The van der Waals surface area contributed by atoms with Crippen LogP contribution in [0, 0.1) is 5.82 Å². The number of nitrogens with zero attached hydrogens (tertiary/aromatic N) is 2. The van der Waals surface area contributed by atoms with Crippen LogP contribution in [-0.4, -0.2) is 57.5 Å². The Balaban J connectivity index is 1.68. The maximum atomic E-state index is 14.1. The first-order chi connectivity index (χ1) is 20.6. The molecule has 0 aromatic heterocycles. The van der Waals surface area contributed by atoms with Gasteiger partial charge in [0.15, 0.2) is 0 Å². The van der Waals surface area contributed by atoms with Gasteiger partial charge in [-0.3, -0.25) is 13.9 Å². The minimum Gasteiger partial charge on any atom is -0.497 e. The number of amides is 2. The molecule has 0 bridgehead atoms. The molecule has 0 saturated heterocycles. The highest BCUT2D eigenvalue weighted by atomic mass is 32.2. The fourth-order valence-corrected chi connectivity index (χ4v) is 6.45. The van der Waals surface area contributed by atoms with Gasteiger partial charge in [0, 0.05) is 12.6 Å². The van der Waals surface area contributed by atoms with E-state index in [-0.39, 0.29) is 29.1 Å². The molecule has 1 N–H and O–H groups in total. The molecule has 11 heteroatoms. The van der Waals surface area contributed by atoms with Crippen LogP contribution in [-0.2, 0) is 26.2 Å². The first kappa shape index (κ1) is 31.8. The van der Waals surface area contributed by atoms with Crippen molar-refractivity contribution in [2.24, 2.45) is 0 Å². The molecule has 1 saturated carbocycles. The average Bonchev–Trinajstić information content (AvgIpc) is 3.52. The lowest BCUT2D eigenvalue weighted by Crippen LogP contribution is -2.52. The van der Waals surface area contributed by atoms with Crippen LogP contribution >= 0.6 is 0 Å². The topological polar surface area (TPSA) is 105 Å². The largest absolute Gasteiger partial charge is 0.497 e. The fraction of sp³-hybridized carbons (Fsp3) is 0.375. The molecule has 3 aromatic carbocycles. The molecule has 0 unspecified atom stereocenters. The molecular formula is C32H38FN3O6S. The van der Waals surface area contributed by atoms with Crippen LogP contribution in [0.5, 0.6) is 11.5 Å². The summed E-state index contributed by atoms with van der Waals surface area (Å²) < 4.78 is 53.2. The molecule has 0 heterocycles. The predicted molar refractivity (Wildman–Crippen MR) is 162 cm³/mol. The first-order valence-electron chi connectivity index (χ1n) is 14.4. The molecule has 1 aliphatic rings. The van der Waals surface area contributed by atoms with Crippen LogP contribution in [0.4, 0.5) is 10.1 Å². The Hall–Kier alpha value is -4.12. The Morgan fingerprint density at radius 2 is 1.56 bits per heavy atom. The van der Waals surface area contributed by atoms with Crippen molar-refractivity contribution in [3.05, 3.63) is 84.2 Å². The molecule has 43 heavy (non-hydrogen) atoms. The standard InChI is InChI=1S/C32H38FN3O6S/c1-4-42-29-17-13-27(14-18-29)36(43(39,40)30-19-11-25(33)12-20-30)22-31(37)35(21-24-9-15-28(41-3)16-10-24)23(2)32(38)34-26-7-5-6-8-26/h9-20,23,26H,4-8,21-22H2,1-3H3,(H,34,38)/t23-/m1/s1. The van der Waals surface area contributed by atoms with Gasteiger partial charge in [-0.1, -0.05) is 25.0 Å². The summed E-state index contributed by atoms with van der Waals surface area (Å²) in [6.45, 7) is 3.37. The molecule has 1 fully saturated rings. The van der Waals surface area contributed by atoms with Crippen molar-refractivity contribution < 1.29 is 31.9 Å². The number of anilines is 1. The summed E-state index contributed by atoms with van der Waals surface area (Å²) in [7, 11) is -2.76. The van der Waals surface area contributed by atoms with E-state index in [1.54, 1.807) is 62.6 Å². The van der Waals surface area contributed by atoms with E-state index in [0.29, 0.717) is 18.1 Å². The Morgan fingerprint density at radius 3 is 2.14 bits per heavy atom. The van der Waals surface area contributed by atoms with E-state index in [0.717, 1.165) is 59.8 Å². The Morgan fingerprint density at radius 1 is 0.953 bits per heavy atom. The average molecular weight is 612 g/mol. The van der Waals surface area contributed by atoms with Crippen LogP contribution in [0.1, 0.15) is 45.1 Å². The zero-order valence-corrected chi connectivity index (χ0v) is 25.5. The molecule has 2 amide bonds. The Labute approximate surface area is 252 Å². The third-order valence-corrected chi connectivity index (χ3v) is 9.29. The molecule has 4 rings (SSSR count). The van der Waals surface area contributed by atoms with Gasteiger partial charge in [-0.25, -0.2) is 12.8 Å². The zero-order valence-electron chi connectivity index (χ0n) is 24.7. The second-order valence-corrected chi connectivity index (χ2v) is 12.3. The maximum Gasteiger partial charge on any atom is 0.264 e. The summed E-state index contributed by atoms with van der Waals surface area (Å²) >= 11 is 0. The summed E-state index contributed by atoms with van der Waals surface area (Å²) in [5, 5.41) is 3.05. The van der Waals surface area contributed by atoms with Crippen molar-refractivity contribution in [3.63, 3.8) is 0 Å². The van der Waals surface area contributed by atoms with Crippen LogP contribution in [0.2, 0.25) is 0 Å². The van der Waals surface area contributed by atoms with Gasteiger partial charge in [0.2, 0.25) is 11.8 Å². The Bertz CT molecular complexity index is 1470. The third-order valence-electron chi connectivity index (χ3n) is 7.50. The number of hydrogen-bond acceptors (Lipinski definition) is 6. The van der Waals surface area contributed by atoms with E-state index >= 15 is 0 Å². The summed E-state index contributed by atoms with van der Waals surface area (Å²) in [4.78, 5) is 28.6. The van der Waals surface area contributed by atoms with E-state index in [2.05, 4.69) is 5.32 Å². The van der Waals surface area contributed by atoms with Crippen LogP contribution < -0.4 is 19.1 Å². The SMILES string of the molecule is CCOc1ccc(N(CC(=O)N(Cc2ccc(OC)cc2)[C@H](C)C(=O)NC2CCCC2)S(=O)(=O)c2ccc(F)cc2)cc1. The van der Waals surface area contributed by atoms with Crippen molar-refractivity contribution in [1.29, 1.82) is 0 Å². The monoisotopic (exact) mass is 611 g/mol. The van der Waals surface area contributed by atoms with Crippen molar-refractivity contribution in [1.82, 2.24) is 10.2 Å². The van der Waals surface area contributed by atoms with E-state index in [1.807, 2.05) is 6.92 Å². The summed E-state index contributed by atoms with van der Waals surface area (Å²) in [6.07, 6.45) is 3.83. The van der Waals surface area contributed by atoms with E-state index < -0.39 is 34.3 Å². The quantitative estimate of drug-likeness (QED) is 0.295. The number of rotatable bonds is 13. The number of ether oxygens (including phenoxy) is 2. The van der Waals surface area contributed by atoms with Gasteiger partial charge >= 0.3 is 0 Å². The molecule has 3 aromatic rings. The van der Waals surface area contributed by atoms with Gasteiger partial charge < -0.3 is 19.7 Å². The smallest absolute Gasteiger partial charge is 0.264 e. The number of carbonyl (C=O) groups is 2. The normalized spacial score (nSPS) is 14.1. The van der Waals surface area contributed by atoms with Crippen molar-refractivity contribution in [2.45, 2.75) is 63.1 Å². The number of methoxy groups -OCH3 is 1. The lowest BCUT2D eigenvalue weighted by atomic mass is 10.1. The number of hydrogen-bond donors (Lipinski definition) is 1. The number of nitrogens with one attached hydrogen (secondary N) is 1. The third kappa shape index (κ3) is 8.04. The van der Waals surface area contributed by atoms with Gasteiger partial charge in [-0.2, -0.15) is 0 Å². The Kier molecular flexibility index (Phi) is 10.6. The molecule has 9 nitrogen and oxygen atoms in total. The van der Waals surface area contributed by atoms with Crippen molar-refractivity contribution in [2.75, 3.05) is 24.6 Å². The van der Waals surface area contributed by atoms with Crippen molar-refractivity contribution >= 4 is 27.5 Å². The number of sulfonamides is 1. The van der Waals surface area contributed by atoms with Crippen molar-refractivity contribution in [3.8, 4) is 11.5 Å². The minimum absolute atomic E-state index is 0.0482. The lowest BCUT2D eigenvalue weighted by molar-refractivity contribution is -0.139. The second kappa shape index (κ2) is 14.4. The lowest BCUT2D eigenvalue weighted by Gasteiger charge is -2.32. The molecular weight excluding hydrogens is 573 g/mol. The minimum atomic E-state index is -4.31. The summed E-state index contributed by atoms with van der Waals surface area (Å²) in [6, 6.07) is 17.0. The zero-order chi connectivity index (χ0) is 31.0. The van der Waals surface area contributed by atoms with Gasteiger partial charge in [-0.05, 0) is 92.9 Å². The summed E-state index contributed by atoms with van der Waals surface area (Å²) in [5.74, 6) is -0.293. The van der Waals surface area contributed by atoms with Crippen LogP contribution in [0.3, 0.4) is 0 Å². The molecule has 0 spiro atoms. The predicted octanol–water partition coefficient (Wildman–Crippen LogP) is 4.90. The van der Waals surface area contributed by atoms with Gasteiger partial charge in [0.25, 0.3) is 10.0 Å². The van der Waals surface area contributed by atoms with E-state index in [9.17, 15) is 22.4 Å². The van der Waals surface area contributed by atoms with E-state index in [1.165, 1.54) is 4.90 Å². The summed E-state index contributed by atoms with van der Waals surface area (Å²) in [5.41, 5.74) is 0.956. The molecule has 1 atom stereocenters. The first-order valence-corrected chi connectivity index (χ1v) is 15.8. The molecule has 0 aliphatic heterocycles. The highest BCUT2D eigenvalue weighted by Gasteiger charge is 2.33. The number of carbonyl (C=O) groups excluding carboxylic acids is 2. The fourth-order valence-electron chi connectivity index (χ4n) is 5.04. The van der Waals surface area contributed by atoms with Gasteiger partial charge in [0.05, 0.1) is 24.3 Å². The van der Waals surface area contributed by atoms with Crippen LogP contribution in [0.25, 0.3) is 0 Å². The molecule has 1 aliphatic carbocycles. The highest BCUT2D eigenvalue weighted by molar-refractivity contribution is 7.92. The molecule has 0 radical (unpaired) electrons. The van der Waals surface area contributed by atoms with Gasteiger partial charge in [0.1, 0.15) is 29.9 Å². The van der Waals surface area contributed by atoms with Gasteiger partial charge in [-0.15, -0.1) is 0 Å². The molecule has 230 valence electrons.